The van der Waals surface area contributed by atoms with Crippen molar-refractivity contribution in [2.75, 3.05) is 13.2 Å². The molecule has 1 aliphatic heterocycles. The summed E-state index contributed by atoms with van der Waals surface area (Å²) in [6.45, 7) is 8.08. The molecule has 1 amide bonds. The maximum absolute atomic E-state index is 12.0. The average molecular weight is 273 g/mol. The van der Waals surface area contributed by atoms with Crippen LogP contribution in [0.2, 0.25) is 0 Å². The monoisotopic (exact) mass is 273 g/mol. The maximum Gasteiger partial charge on any atom is 0.411 e. The molecule has 1 saturated heterocycles. The van der Waals surface area contributed by atoms with Crippen molar-refractivity contribution in [3.8, 4) is 0 Å². The molecule has 6 heteroatoms. The van der Waals surface area contributed by atoms with Gasteiger partial charge in [0.2, 0.25) is 0 Å². The number of carboxylic acids is 1. The third-order valence-corrected chi connectivity index (χ3v) is 2.73. The fourth-order valence-electron chi connectivity index (χ4n) is 1.96. The second-order valence-corrected chi connectivity index (χ2v) is 5.72. The number of rotatable bonds is 4. The number of carbonyl (C=O) groups is 2. The van der Waals surface area contributed by atoms with Gasteiger partial charge in [-0.2, -0.15) is 0 Å². The largest absolute Gasteiger partial charge is 0.480 e. The van der Waals surface area contributed by atoms with Crippen molar-refractivity contribution in [1.82, 2.24) is 4.90 Å². The average Bonchev–Trinajstić information content (AvgIpc) is 2.68. The highest BCUT2D eigenvalue weighted by atomic mass is 16.6. The Hall–Kier alpha value is -1.30. The summed E-state index contributed by atoms with van der Waals surface area (Å²) in [6, 6.07) is -0.864. The summed E-state index contributed by atoms with van der Waals surface area (Å²) in [6.07, 6.45) is 0.353. The van der Waals surface area contributed by atoms with Crippen molar-refractivity contribution in [2.45, 2.75) is 58.3 Å². The molecule has 1 heterocycles. The third-order valence-electron chi connectivity index (χ3n) is 2.73. The van der Waals surface area contributed by atoms with E-state index in [2.05, 4.69) is 0 Å². The standard InChI is InChI=1S/C13H23NO5/c1-5-6-18-9-7-10(11(15)16)14(8-9)12(17)19-13(2,3)4/h9-10H,5-8H2,1-4H3,(H,15,16)/t9?,10-/m1/s1. The number of hydrogen-bond donors (Lipinski definition) is 1. The van der Waals surface area contributed by atoms with Gasteiger partial charge in [0.1, 0.15) is 11.6 Å². The van der Waals surface area contributed by atoms with E-state index < -0.39 is 23.7 Å². The molecule has 1 unspecified atom stereocenters. The fourth-order valence-corrected chi connectivity index (χ4v) is 1.96. The van der Waals surface area contributed by atoms with Crippen LogP contribution in [0, 0.1) is 0 Å². The second-order valence-electron chi connectivity index (χ2n) is 5.72. The van der Waals surface area contributed by atoms with Gasteiger partial charge in [0.25, 0.3) is 0 Å². The van der Waals surface area contributed by atoms with Crippen LogP contribution in [-0.2, 0) is 14.3 Å². The van der Waals surface area contributed by atoms with E-state index in [1.54, 1.807) is 20.8 Å². The highest BCUT2D eigenvalue weighted by Gasteiger charge is 2.41. The summed E-state index contributed by atoms with van der Waals surface area (Å²) in [4.78, 5) is 24.4. The molecule has 0 aromatic carbocycles. The van der Waals surface area contributed by atoms with Crippen molar-refractivity contribution in [3.63, 3.8) is 0 Å². The van der Waals surface area contributed by atoms with Gasteiger partial charge in [-0.05, 0) is 27.2 Å². The molecule has 19 heavy (non-hydrogen) atoms. The number of likely N-dealkylation sites (tertiary alicyclic amines) is 1. The lowest BCUT2D eigenvalue weighted by atomic mass is 10.2. The summed E-state index contributed by atoms with van der Waals surface area (Å²) in [5.74, 6) is -1.02. The Labute approximate surface area is 113 Å². The maximum atomic E-state index is 12.0. The number of nitrogens with zero attached hydrogens (tertiary/aromatic N) is 1. The van der Waals surface area contributed by atoms with E-state index in [1.165, 1.54) is 4.90 Å². The van der Waals surface area contributed by atoms with Crippen LogP contribution in [-0.4, -0.2) is 53.0 Å². The Balaban J connectivity index is 2.68. The first-order valence-electron chi connectivity index (χ1n) is 6.58. The molecule has 0 radical (unpaired) electrons. The number of ether oxygens (including phenoxy) is 2. The van der Waals surface area contributed by atoms with Gasteiger partial charge in [0.05, 0.1) is 12.6 Å². The Morgan fingerprint density at radius 2 is 2.00 bits per heavy atom. The normalized spacial score (nSPS) is 23.5. The number of aliphatic carboxylic acids is 1. The molecule has 0 saturated carbocycles. The molecule has 0 aromatic heterocycles. The third kappa shape index (κ3) is 4.70. The van der Waals surface area contributed by atoms with E-state index in [9.17, 15) is 9.59 Å². The minimum absolute atomic E-state index is 0.228. The molecular formula is C13H23NO5. The van der Waals surface area contributed by atoms with Gasteiger partial charge >= 0.3 is 12.1 Å². The van der Waals surface area contributed by atoms with E-state index in [0.29, 0.717) is 13.0 Å². The van der Waals surface area contributed by atoms with Gasteiger partial charge in [0.15, 0.2) is 0 Å². The number of hydrogen-bond acceptors (Lipinski definition) is 4. The Bertz CT molecular complexity index is 336. The molecule has 1 rings (SSSR count). The lowest BCUT2D eigenvalue weighted by Crippen LogP contribution is -2.43. The molecule has 0 spiro atoms. The van der Waals surface area contributed by atoms with Crippen LogP contribution in [0.4, 0.5) is 4.79 Å². The second kappa shape index (κ2) is 6.23. The molecule has 0 bridgehead atoms. The summed E-state index contributed by atoms with van der Waals surface area (Å²) in [7, 11) is 0. The van der Waals surface area contributed by atoms with Crippen LogP contribution in [0.15, 0.2) is 0 Å². The summed E-state index contributed by atoms with van der Waals surface area (Å²) >= 11 is 0. The minimum atomic E-state index is -1.02. The van der Waals surface area contributed by atoms with Crippen LogP contribution >= 0.6 is 0 Å². The van der Waals surface area contributed by atoms with E-state index in [-0.39, 0.29) is 12.6 Å². The zero-order valence-electron chi connectivity index (χ0n) is 12.0. The highest BCUT2D eigenvalue weighted by Crippen LogP contribution is 2.23. The molecule has 1 fully saturated rings. The first-order valence-corrected chi connectivity index (χ1v) is 6.58. The van der Waals surface area contributed by atoms with Crippen molar-refractivity contribution in [1.29, 1.82) is 0 Å². The van der Waals surface area contributed by atoms with E-state index in [1.807, 2.05) is 6.92 Å². The topological polar surface area (TPSA) is 76.1 Å². The molecule has 0 aliphatic carbocycles. The Kier molecular flexibility index (Phi) is 5.17. The first-order chi connectivity index (χ1) is 8.74. The smallest absolute Gasteiger partial charge is 0.411 e. The molecule has 0 aromatic rings. The fraction of sp³-hybridized carbons (Fsp3) is 0.846. The Morgan fingerprint density at radius 1 is 1.37 bits per heavy atom. The van der Waals surface area contributed by atoms with E-state index in [0.717, 1.165) is 6.42 Å². The SMILES string of the molecule is CCCOC1C[C@H](C(=O)O)N(C(=O)OC(C)(C)C)C1. The van der Waals surface area contributed by atoms with Crippen molar-refractivity contribution in [3.05, 3.63) is 0 Å². The highest BCUT2D eigenvalue weighted by molar-refractivity contribution is 5.81. The number of carboxylic acid groups (broad SMARTS) is 1. The van der Waals surface area contributed by atoms with Crippen LogP contribution in [0.1, 0.15) is 40.5 Å². The minimum Gasteiger partial charge on any atom is -0.480 e. The molecular weight excluding hydrogens is 250 g/mol. The van der Waals surface area contributed by atoms with Crippen molar-refractivity contribution in [2.24, 2.45) is 0 Å². The van der Waals surface area contributed by atoms with Crippen LogP contribution in [0.25, 0.3) is 0 Å². The van der Waals surface area contributed by atoms with Gasteiger partial charge < -0.3 is 14.6 Å². The lowest BCUT2D eigenvalue weighted by Gasteiger charge is -2.26. The van der Waals surface area contributed by atoms with E-state index >= 15 is 0 Å². The van der Waals surface area contributed by atoms with Gasteiger partial charge in [-0.1, -0.05) is 6.92 Å². The number of amides is 1. The Morgan fingerprint density at radius 3 is 2.47 bits per heavy atom. The van der Waals surface area contributed by atoms with Gasteiger partial charge in [0, 0.05) is 13.0 Å². The van der Waals surface area contributed by atoms with E-state index in [4.69, 9.17) is 14.6 Å². The predicted molar refractivity (Wildman–Crippen MR) is 69.0 cm³/mol. The van der Waals surface area contributed by atoms with Crippen molar-refractivity contribution < 1.29 is 24.2 Å². The van der Waals surface area contributed by atoms with Crippen LogP contribution in [0.5, 0.6) is 0 Å². The first kappa shape index (κ1) is 15.8. The summed E-state index contributed by atoms with van der Waals surface area (Å²) < 4.78 is 10.8. The van der Waals surface area contributed by atoms with Gasteiger partial charge in [-0.3, -0.25) is 4.90 Å². The molecule has 2 atom stereocenters. The summed E-state index contributed by atoms with van der Waals surface area (Å²) in [5, 5.41) is 9.17. The molecule has 1 N–H and O–H groups in total. The molecule has 6 nitrogen and oxygen atoms in total. The van der Waals surface area contributed by atoms with Crippen molar-refractivity contribution >= 4 is 12.1 Å². The summed E-state index contributed by atoms with van der Waals surface area (Å²) in [5.41, 5.74) is -0.636. The van der Waals surface area contributed by atoms with Crippen LogP contribution < -0.4 is 0 Å². The number of carbonyl (C=O) groups excluding carboxylic acids is 1. The van der Waals surface area contributed by atoms with Gasteiger partial charge in [-0.25, -0.2) is 9.59 Å². The molecule has 110 valence electrons. The zero-order chi connectivity index (χ0) is 14.6. The lowest BCUT2D eigenvalue weighted by molar-refractivity contribution is -0.142. The van der Waals surface area contributed by atoms with Crippen LogP contribution in [0.3, 0.4) is 0 Å². The van der Waals surface area contributed by atoms with Gasteiger partial charge in [-0.15, -0.1) is 0 Å². The quantitative estimate of drug-likeness (QED) is 0.846. The predicted octanol–water partition coefficient (Wildman–Crippen LogP) is 1.88. The zero-order valence-corrected chi connectivity index (χ0v) is 12.0. The molecule has 1 aliphatic rings.